The first-order chi connectivity index (χ1) is 7.61. The Bertz CT molecular complexity index is 427. The highest BCUT2D eigenvalue weighted by molar-refractivity contribution is 9.10. The molecule has 0 radical (unpaired) electrons. The van der Waals surface area contributed by atoms with Gasteiger partial charge in [-0.05, 0) is 28.1 Å². The molecule has 1 aliphatic rings. The summed E-state index contributed by atoms with van der Waals surface area (Å²) in [6.45, 7) is -0.172. The molecule has 1 heterocycles. The van der Waals surface area contributed by atoms with Crippen molar-refractivity contribution in [1.29, 1.82) is 0 Å². The molecule has 6 heteroatoms. The topological polar surface area (TPSA) is 41.8 Å². The van der Waals surface area contributed by atoms with Crippen molar-refractivity contribution < 1.29 is 18.7 Å². The third-order valence-electron chi connectivity index (χ3n) is 2.25. The zero-order chi connectivity index (χ0) is 11.7. The number of oxime groups is 1. The highest BCUT2D eigenvalue weighted by Gasteiger charge is 2.22. The van der Waals surface area contributed by atoms with Crippen LogP contribution in [0, 0.1) is 11.6 Å². The molecule has 0 saturated heterocycles. The van der Waals surface area contributed by atoms with Gasteiger partial charge in [-0.3, -0.25) is 0 Å². The van der Waals surface area contributed by atoms with Crippen LogP contribution < -0.4 is 0 Å². The van der Waals surface area contributed by atoms with E-state index in [-0.39, 0.29) is 11.1 Å². The first-order valence-corrected chi connectivity index (χ1v) is 5.39. The number of aliphatic hydroxyl groups is 1. The Labute approximate surface area is 98.8 Å². The van der Waals surface area contributed by atoms with Gasteiger partial charge in [-0.2, -0.15) is 0 Å². The SMILES string of the molecule is OC[C@H]1CC(c2cc(F)c(Br)c(F)c2)=NO1. The Morgan fingerprint density at radius 3 is 2.56 bits per heavy atom. The number of nitrogens with zero attached hydrogens (tertiary/aromatic N) is 1. The molecule has 1 N–H and O–H groups in total. The van der Waals surface area contributed by atoms with Crippen molar-refractivity contribution in [1.82, 2.24) is 0 Å². The van der Waals surface area contributed by atoms with Crippen LogP contribution in [-0.2, 0) is 4.84 Å². The lowest BCUT2D eigenvalue weighted by Gasteiger charge is -2.03. The van der Waals surface area contributed by atoms with E-state index in [9.17, 15) is 8.78 Å². The summed E-state index contributed by atoms with van der Waals surface area (Å²) < 4.78 is 26.3. The largest absolute Gasteiger partial charge is 0.392 e. The molecule has 3 nitrogen and oxygen atoms in total. The van der Waals surface area contributed by atoms with Gasteiger partial charge in [0, 0.05) is 12.0 Å². The molecule has 0 spiro atoms. The van der Waals surface area contributed by atoms with Gasteiger partial charge in [0.25, 0.3) is 0 Å². The summed E-state index contributed by atoms with van der Waals surface area (Å²) in [7, 11) is 0. The maximum absolute atomic E-state index is 13.2. The number of rotatable bonds is 2. The van der Waals surface area contributed by atoms with E-state index >= 15 is 0 Å². The van der Waals surface area contributed by atoms with Crippen LogP contribution in [0.15, 0.2) is 21.8 Å². The van der Waals surface area contributed by atoms with Crippen molar-refractivity contribution in [2.45, 2.75) is 12.5 Å². The lowest BCUT2D eigenvalue weighted by Crippen LogP contribution is -2.13. The first-order valence-electron chi connectivity index (χ1n) is 4.60. The number of benzene rings is 1. The second-order valence-corrected chi connectivity index (χ2v) is 4.20. The minimum absolute atomic E-state index is 0.172. The van der Waals surface area contributed by atoms with Crippen molar-refractivity contribution in [3.63, 3.8) is 0 Å². The van der Waals surface area contributed by atoms with Crippen LogP contribution in [0.5, 0.6) is 0 Å². The van der Waals surface area contributed by atoms with Crippen molar-refractivity contribution in [2.75, 3.05) is 6.61 Å². The smallest absolute Gasteiger partial charge is 0.156 e. The summed E-state index contributed by atoms with van der Waals surface area (Å²) in [5.41, 5.74) is 0.763. The van der Waals surface area contributed by atoms with E-state index in [0.717, 1.165) is 0 Å². The second kappa shape index (κ2) is 4.47. The van der Waals surface area contributed by atoms with Crippen LogP contribution in [0.1, 0.15) is 12.0 Å². The van der Waals surface area contributed by atoms with E-state index in [1.165, 1.54) is 12.1 Å². The Balaban J connectivity index is 2.29. The summed E-state index contributed by atoms with van der Waals surface area (Å²) in [4.78, 5) is 4.86. The van der Waals surface area contributed by atoms with Crippen LogP contribution in [-0.4, -0.2) is 23.5 Å². The minimum atomic E-state index is -0.690. The number of aliphatic hydroxyl groups excluding tert-OH is 1. The lowest BCUT2D eigenvalue weighted by molar-refractivity contribution is 0.0390. The fourth-order valence-corrected chi connectivity index (χ4v) is 1.65. The van der Waals surface area contributed by atoms with E-state index in [0.29, 0.717) is 17.7 Å². The van der Waals surface area contributed by atoms with E-state index in [1.807, 2.05) is 0 Å². The van der Waals surface area contributed by atoms with E-state index in [4.69, 9.17) is 9.94 Å². The highest BCUT2D eigenvalue weighted by Crippen LogP contribution is 2.24. The normalized spacial score (nSPS) is 19.5. The van der Waals surface area contributed by atoms with E-state index < -0.39 is 17.7 Å². The molecular weight excluding hydrogens is 284 g/mol. The molecule has 0 aliphatic carbocycles. The fourth-order valence-electron chi connectivity index (χ4n) is 1.42. The standard InChI is InChI=1S/C10H8BrF2NO2/c11-10-7(12)1-5(2-8(10)13)9-3-6(4-15)16-14-9/h1-2,6,15H,3-4H2/t6-/m1/s1. The number of hydrogen-bond acceptors (Lipinski definition) is 3. The van der Waals surface area contributed by atoms with E-state index in [2.05, 4.69) is 21.1 Å². The van der Waals surface area contributed by atoms with Crippen LogP contribution in [0.25, 0.3) is 0 Å². The molecule has 0 fully saturated rings. The van der Waals surface area contributed by atoms with Crippen LogP contribution in [0.4, 0.5) is 8.78 Å². The predicted molar refractivity (Wildman–Crippen MR) is 57.2 cm³/mol. The van der Waals surface area contributed by atoms with Gasteiger partial charge in [-0.25, -0.2) is 8.78 Å². The van der Waals surface area contributed by atoms with Crippen molar-refractivity contribution in [3.05, 3.63) is 33.8 Å². The molecule has 1 aliphatic heterocycles. The molecule has 1 atom stereocenters. The Morgan fingerprint density at radius 1 is 1.44 bits per heavy atom. The third kappa shape index (κ3) is 2.08. The van der Waals surface area contributed by atoms with Crippen LogP contribution >= 0.6 is 15.9 Å². The summed E-state index contributed by atoms with van der Waals surface area (Å²) >= 11 is 2.79. The Hall–Kier alpha value is -1.01. The van der Waals surface area contributed by atoms with Gasteiger partial charge in [-0.1, -0.05) is 5.16 Å². The molecule has 1 aromatic carbocycles. The van der Waals surface area contributed by atoms with Crippen molar-refractivity contribution in [2.24, 2.45) is 5.16 Å². The average Bonchev–Trinajstić information content (AvgIpc) is 2.73. The van der Waals surface area contributed by atoms with Gasteiger partial charge < -0.3 is 9.94 Å². The molecule has 86 valence electrons. The molecule has 1 aromatic rings. The Kier molecular flexibility index (Phi) is 3.20. The zero-order valence-electron chi connectivity index (χ0n) is 8.08. The molecule has 0 bridgehead atoms. The fraction of sp³-hybridized carbons (Fsp3) is 0.300. The van der Waals surface area contributed by atoms with Crippen LogP contribution in [0.3, 0.4) is 0 Å². The Morgan fingerprint density at radius 2 is 2.06 bits per heavy atom. The monoisotopic (exact) mass is 291 g/mol. The number of halogens is 3. The summed E-state index contributed by atoms with van der Waals surface area (Å²) in [6.07, 6.45) is -0.0819. The summed E-state index contributed by atoms with van der Waals surface area (Å²) in [5.74, 6) is -1.38. The van der Waals surface area contributed by atoms with Gasteiger partial charge in [0.05, 0.1) is 16.8 Å². The highest BCUT2D eigenvalue weighted by atomic mass is 79.9. The van der Waals surface area contributed by atoms with Gasteiger partial charge in [-0.15, -0.1) is 0 Å². The predicted octanol–water partition coefficient (Wildman–Crippen LogP) is 2.21. The molecule has 0 saturated carbocycles. The maximum atomic E-state index is 13.2. The molecule has 2 rings (SSSR count). The molecule has 0 unspecified atom stereocenters. The first kappa shape index (κ1) is 11.5. The molecular formula is C10H8BrF2NO2. The lowest BCUT2D eigenvalue weighted by atomic mass is 10.1. The molecule has 16 heavy (non-hydrogen) atoms. The molecule has 0 aromatic heterocycles. The quantitative estimate of drug-likeness (QED) is 0.849. The van der Waals surface area contributed by atoms with E-state index in [1.54, 1.807) is 0 Å². The zero-order valence-corrected chi connectivity index (χ0v) is 9.67. The van der Waals surface area contributed by atoms with Gasteiger partial charge >= 0.3 is 0 Å². The van der Waals surface area contributed by atoms with Crippen molar-refractivity contribution >= 4 is 21.6 Å². The average molecular weight is 292 g/mol. The van der Waals surface area contributed by atoms with Gasteiger partial charge in [0.1, 0.15) is 11.6 Å². The summed E-state index contributed by atoms with van der Waals surface area (Å²) in [6, 6.07) is 2.35. The van der Waals surface area contributed by atoms with Crippen LogP contribution in [0.2, 0.25) is 0 Å². The van der Waals surface area contributed by atoms with Gasteiger partial charge in [0.15, 0.2) is 6.10 Å². The molecule has 0 amide bonds. The second-order valence-electron chi connectivity index (χ2n) is 3.41. The minimum Gasteiger partial charge on any atom is -0.392 e. The van der Waals surface area contributed by atoms with Crippen molar-refractivity contribution in [3.8, 4) is 0 Å². The summed E-state index contributed by atoms with van der Waals surface area (Å²) in [5, 5.41) is 12.5. The maximum Gasteiger partial charge on any atom is 0.156 e. The third-order valence-corrected chi connectivity index (χ3v) is 3.01. The van der Waals surface area contributed by atoms with Gasteiger partial charge in [0.2, 0.25) is 0 Å². The number of hydrogen-bond donors (Lipinski definition) is 1.